The molecule has 3 N–H and O–H groups in total. The van der Waals surface area contributed by atoms with Crippen LogP contribution < -0.4 is 5.32 Å². The topological polar surface area (TPSA) is 90.5 Å². The number of H-pyrrole nitrogens is 1. The molecule has 0 saturated carbocycles. The number of morpholine rings is 1. The van der Waals surface area contributed by atoms with Gasteiger partial charge in [-0.3, -0.25) is 5.10 Å². The summed E-state index contributed by atoms with van der Waals surface area (Å²) in [7, 11) is 0. The lowest BCUT2D eigenvalue weighted by atomic mass is 10.1. The van der Waals surface area contributed by atoms with Gasteiger partial charge in [-0.05, 0) is 42.0 Å². The van der Waals surface area contributed by atoms with Crippen LogP contribution in [0.1, 0.15) is 11.7 Å². The number of fused-ring (bicyclic) bond motifs is 1. The molecule has 2 aromatic carbocycles. The first kappa shape index (κ1) is 16.3. The summed E-state index contributed by atoms with van der Waals surface area (Å²) in [4.78, 5) is 12.5. The van der Waals surface area contributed by atoms with E-state index in [0.29, 0.717) is 25.5 Å². The Balaban J connectivity index is 1.57. The molecule has 1 saturated heterocycles. The fourth-order valence-electron chi connectivity index (χ4n) is 3.03. The van der Waals surface area contributed by atoms with Crippen LogP contribution in [-0.2, 0) is 4.74 Å². The summed E-state index contributed by atoms with van der Waals surface area (Å²) in [5.74, 6) is 0.338. The van der Waals surface area contributed by atoms with E-state index in [9.17, 15) is 9.18 Å². The minimum absolute atomic E-state index is 0.296. The van der Waals surface area contributed by atoms with Crippen LogP contribution in [0.5, 0.6) is 0 Å². The lowest BCUT2D eigenvalue weighted by Gasteiger charge is -2.31. The summed E-state index contributed by atoms with van der Waals surface area (Å²) >= 11 is 0. The number of anilines is 2. The highest BCUT2D eigenvalue weighted by atomic mass is 19.1. The van der Waals surface area contributed by atoms with Crippen LogP contribution in [0.15, 0.2) is 42.5 Å². The third kappa shape index (κ3) is 3.18. The van der Waals surface area contributed by atoms with Crippen LogP contribution in [0.2, 0.25) is 0 Å². The van der Waals surface area contributed by atoms with Crippen molar-refractivity contribution in [3.8, 4) is 0 Å². The highest BCUT2D eigenvalue weighted by molar-refractivity contribution is 5.91. The fourth-order valence-corrected chi connectivity index (χ4v) is 3.03. The van der Waals surface area contributed by atoms with Gasteiger partial charge in [0, 0.05) is 17.6 Å². The van der Waals surface area contributed by atoms with E-state index in [1.807, 2.05) is 18.2 Å². The van der Waals surface area contributed by atoms with Crippen LogP contribution in [0, 0.1) is 5.82 Å². The van der Waals surface area contributed by atoms with Gasteiger partial charge in [-0.1, -0.05) is 6.07 Å². The summed E-state index contributed by atoms with van der Waals surface area (Å²) in [6.07, 6.45) is -1.24. The Morgan fingerprint density at radius 1 is 1.31 bits per heavy atom. The largest absolute Gasteiger partial charge is 0.465 e. The fraction of sp³-hybridized carbons (Fsp3) is 0.222. The number of aromatic nitrogens is 2. The van der Waals surface area contributed by atoms with Crippen molar-refractivity contribution in [2.75, 3.05) is 25.0 Å². The molecule has 134 valence electrons. The van der Waals surface area contributed by atoms with Gasteiger partial charge < -0.3 is 20.1 Å². The number of benzene rings is 2. The highest BCUT2D eigenvalue weighted by Gasteiger charge is 2.25. The maximum atomic E-state index is 13.0. The summed E-state index contributed by atoms with van der Waals surface area (Å²) in [5.41, 5.74) is 2.43. The number of carbonyl (C=O) groups is 1. The van der Waals surface area contributed by atoms with Crippen LogP contribution in [0.3, 0.4) is 0 Å². The predicted molar refractivity (Wildman–Crippen MR) is 94.1 cm³/mol. The van der Waals surface area contributed by atoms with Gasteiger partial charge in [0.15, 0.2) is 5.82 Å². The Morgan fingerprint density at radius 2 is 2.12 bits per heavy atom. The van der Waals surface area contributed by atoms with Crippen molar-refractivity contribution in [3.63, 3.8) is 0 Å². The number of rotatable bonds is 3. The third-order valence-electron chi connectivity index (χ3n) is 4.40. The van der Waals surface area contributed by atoms with Crippen molar-refractivity contribution >= 4 is 28.5 Å². The number of hydrogen-bond donors (Lipinski definition) is 3. The minimum atomic E-state index is -0.938. The van der Waals surface area contributed by atoms with Gasteiger partial charge in [-0.25, -0.2) is 9.18 Å². The molecule has 8 heteroatoms. The van der Waals surface area contributed by atoms with Gasteiger partial charge in [-0.2, -0.15) is 5.10 Å². The van der Waals surface area contributed by atoms with Crippen molar-refractivity contribution in [1.82, 2.24) is 15.1 Å². The normalized spacial score (nSPS) is 17.4. The number of ether oxygens (including phenoxy) is 1. The van der Waals surface area contributed by atoms with E-state index in [-0.39, 0.29) is 11.9 Å². The Morgan fingerprint density at radius 3 is 2.88 bits per heavy atom. The zero-order chi connectivity index (χ0) is 18.1. The molecule has 2 heterocycles. The maximum Gasteiger partial charge on any atom is 0.407 e. The third-order valence-corrected chi connectivity index (χ3v) is 4.40. The Kier molecular flexibility index (Phi) is 4.18. The van der Waals surface area contributed by atoms with Gasteiger partial charge >= 0.3 is 6.09 Å². The molecule has 7 nitrogen and oxygen atoms in total. The van der Waals surface area contributed by atoms with Crippen molar-refractivity contribution in [3.05, 3.63) is 53.8 Å². The smallest absolute Gasteiger partial charge is 0.407 e. The molecule has 1 fully saturated rings. The average Bonchev–Trinajstić information content (AvgIpc) is 3.06. The van der Waals surface area contributed by atoms with E-state index in [1.165, 1.54) is 17.0 Å². The number of nitrogens with zero attached hydrogens (tertiary/aromatic N) is 2. The second-order valence-electron chi connectivity index (χ2n) is 6.10. The molecule has 1 aliphatic heterocycles. The lowest BCUT2D eigenvalue weighted by molar-refractivity contribution is -0.0231. The Hall–Kier alpha value is -3.13. The zero-order valence-electron chi connectivity index (χ0n) is 13.8. The molecule has 0 bridgehead atoms. The van der Waals surface area contributed by atoms with Crippen molar-refractivity contribution < 1.29 is 19.0 Å². The van der Waals surface area contributed by atoms with Gasteiger partial charge in [0.1, 0.15) is 11.9 Å². The monoisotopic (exact) mass is 356 g/mol. The van der Waals surface area contributed by atoms with Crippen LogP contribution in [0.4, 0.5) is 20.7 Å². The Labute approximate surface area is 148 Å². The summed E-state index contributed by atoms with van der Waals surface area (Å²) in [6.45, 7) is 1.05. The first-order valence-corrected chi connectivity index (χ1v) is 8.20. The quantitative estimate of drug-likeness (QED) is 0.668. The van der Waals surface area contributed by atoms with Gasteiger partial charge in [0.05, 0.1) is 18.7 Å². The van der Waals surface area contributed by atoms with Crippen molar-refractivity contribution in [2.24, 2.45) is 0 Å². The van der Waals surface area contributed by atoms with E-state index < -0.39 is 6.09 Å². The molecule has 3 aromatic rings. The van der Waals surface area contributed by atoms with Crippen LogP contribution >= 0.6 is 0 Å². The molecule has 1 aromatic heterocycles. The Bertz CT molecular complexity index is 941. The van der Waals surface area contributed by atoms with E-state index in [2.05, 4.69) is 15.5 Å². The second-order valence-corrected chi connectivity index (χ2v) is 6.10. The molecular formula is C18H17FN4O3. The van der Waals surface area contributed by atoms with Crippen LogP contribution in [0.25, 0.3) is 10.9 Å². The minimum Gasteiger partial charge on any atom is -0.465 e. The number of nitrogens with one attached hydrogen (secondary N) is 2. The molecule has 1 atom stereocenters. The van der Waals surface area contributed by atoms with E-state index in [1.54, 1.807) is 12.1 Å². The van der Waals surface area contributed by atoms with Gasteiger partial charge in [-0.15, -0.1) is 0 Å². The summed E-state index contributed by atoms with van der Waals surface area (Å²) in [5, 5.41) is 20.4. The molecule has 0 aliphatic carbocycles. The molecule has 1 amide bonds. The standard InChI is InChI=1S/C18H17FN4O3/c19-12-2-4-13(5-3-12)20-17-14-6-1-11(9-15(14)21-22-17)16-10-23(18(24)25)7-8-26-16/h1-6,9,16H,7-8,10H2,(H,24,25)(H2,20,21,22). The number of amides is 1. The van der Waals surface area contributed by atoms with E-state index in [4.69, 9.17) is 9.84 Å². The summed E-state index contributed by atoms with van der Waals surface area (Å²) < 4.78 is 18.7. The van der Waals surface area contributed by atoms with Crippen molar-refractivity contribution in [2.45, 2.75) is 6.10 Å². The molecule has 1 unspecified atom stereocenters. The lowest BCUT2D eigenvalue weighted by Crippen LogP contribution is -2.41. The molecule has 4 rings (SSSR count). The predicted octanol–water partition coefficient (Wildman–Crippen LogP) is 3.50. The van der Waals surface area contributed by atoms with Crippen LogP contribution in [-0.4, -0.2) is 46.0 Å². The molecule has 1 aliphatic rings. The van der Waals surface area contributed by atoms with Gasteiger partial charge in [0.25, 0.3) is 0 Å². The highest BCUT2D eigenvalue weighted by Crippen LogP contribution is 2.29. The molecule has 26 heavy (non-hydrogen) atoms. The first-order valence-electron chi connectivity index (χ1n) is 8.20. The van der Waals surface area contributed by atoms with E-state index in [0.717, 1.165) is 22.2 Å². The van der Waals surface area contributed by atoms with E-state index >= 15 is 0 Å². The number of carboxylic acid groups (broad SMARTS) is 1. The second kappa shape index (κ2) is 6.64. The number of aromatic amines is 1. The van der Waals surface area contributed by atoms with Crippen molar-refractivity contribution in [1.29, 1.82) is 0 Å². The zero-order valence-corrected chi connectivity index (χ0v) is 13.8. The first-order chi connectivity index (χ1) is 12.6. The molecule has 0 spiro atoms. The average molecular weight is 356 g/mol. The molecular weight excluding hydrogens is 339 g/mol. The summed E-state index contributed by atoms with van der Waals surface area (Å²) in [6, 6.07) is 11.8. The SMILES string of the molecule is O=C(O)N1CCOC(c2ccc3c(Nc4ccc(F)cc4)n[nH]c3c2)C1. The number of halogens is 1. The number of hydrogen-bond acceptors (Lipinski definition) is 4. The van der Waals surface area contributed by atoms with Gasteiger partial charge in [0.2, 0.25) is 0 Å². The molecule has 0 radical (unpaired) electrons. The maximum absolute atomic E-state index is 13.0.